The molecule has 0 aliphatic heterocycles. The molecule has 137 valence electrons. The summed E-state index contributed by atoms with van der Waals surface area (Å²) in [7, 11) is 2.37. The second-order valence-electron chi connectivity index (χ2n) is 9.74. The second kappa shape index (κ2) is 5.68. The van der Waals surface area contributed by atoms with Crippen molar-refractivity contribution in [2.24, 2.45) is 40.4 Å². The number of hydrogen-bond acceptors (Lipinski definition) is 3. The fourth-order valence-electron chi connectivity index (χ4n) is 7.38. The summed E-state index contributed by atoms with van der Waals surface area (Å²) in [6, 6.07) is 0. The van der Waals surface area contributed by atoms with Gasteiger partial charge in [0.15, 0.2) is 0 Å². The van der Waals surface area contributed by atoms with Gasteiger partial charge in [-0.15, -0.1) is 0 Å². The molecule has 0 amide bonds. The summed E-state index contributed by atoms with van der Waals surface area (Å²) in [5.41, 5.74) is -0.929. The summed E-state index contributed by atoms with van der Waals surface area (Å²) in [5.74, 6) is 3.04. The van der Waals surface area contributed by atoms with E-state index in [0.717, 1.165) is 32.1 Å². The summed E-state index contributed by atoms with van der Waals surface area (Å²) in [4.78, 5) is 12.8. The van der Waals surface area contributed by atoms with Crippen LogP contribution in [0.3, 0.4) is 0 Å². The van der Waals surface area contributed by atoms with E-state index in [1.807, 2.05) is 0 Å². The van der Waals surface area contributed by atoms with E-state index in [2.05, 4.69) is 35.5 Å². The van der Waals surface area contributed by atoms with Crippen LogP contribution in [0.15, 0.2) is 12.2 Å². The van der Waals surface area contributed by atoms with Crippen molar-refractivity contribution in [2.75, 3.05) is 0 Å². The Labute approximate surface area is 164 Å². The standard InChI is InChI=1S/C20H29O3P.V/c1-18-6-5-15-12(16(18)13-9-14(13)17(18)21)4-8-20(22)10-11(23-24)3-7-19(15,20)2;/h4,8,11-16,22H,3,5-7,9-10,24H2,1-2H3;/t11-,12?,13+,14-,15?,16?,18-,19+,20-;/m0./s1. The van der Waals surface area contributed by atoms with Gasteiger partial charge in [-0.3, -0.25) is 4.79 Å². The Morgan fingerprint density at radius 1 is 1.28 bits per heavy atom. The summed E-state index contributed by atoms with van der Waals surface area (Å²) in [6.45, 7) is 4.54. The quantitative estimate of drug-likeness (QED) is 0.542. The van der Waals surface area contributed by atoms with Crippen LogP contribution in [0.2, 0.25) is 0 Å². The van der Waals surface area contributed by atoms with E-state index in [1.54, 1.807) is 0 Å². The minimum Gasteiger partial charge on any atom is -0.385 e. The van der Waals surface area contributed by atoms with Crippen molar-refractivity contribution < 1.29 is 33.0 Å². The van der Waals surface area contributed by atoms with E-state index >= 15 is 0 Å². The molecule has 4 saturated carbocycles. The SMILES string of the molecule is C[C@]12CCC3C(C=C[C@]4(O)C[C@@H](OP)CC[C@]34C)C1[C@@H]1C[C@@H]1C2=O.[V]. The van der Waals surface area contributed by atoms with Gasteiger partial charge in [0.25, 0.3) is 0 Å². The van der Waals surface area contributed by atoms with Crippen LogP contribution in [0.4, 0.5) is 0 Å². The van der Waals surface area contributed by atoms with Crippen LogP contribution in [0.25, 0.3) is 0 Å². The second-order valence-corrected chi connectivity index (χ2v) is 10.0. The molecule has 1 radical (unpaired) electrons. The first-order chi connectivity index (χ1) is 11.3. The molecule has 0 aromatic carbocycles. The van der Waals surface area contributed by atoms with E-state index in [1.165, 1.54) is 0 Å². The van der Waals surface area contributed by atoms with Gasteiger partial charge in [0.05, 0.1) is 11.7 Å². The molecule has 4 fully saturated rings. The molecule has 10 atom stereocenters. The Balaban J connectivity index is 0.00000157. The van der Waals surface area contributed by atoms with E-state index in [9.17, 15) is 9.90 Å². The average molecular weight is 399 g/mol. The number of carbonyl (C=O) groups excluding carboxylic acids is 1. The van der Waals surface area contributed by atoms with Crippen LogP contribution in [0, 0.1) is 40.4 Å². The van der Waals surface area contributed by atoms with Gasteiger partial charge in [0, 0.05) is 51.2 Å². The molecule has 0 spiro atoms. The molecule has 0 heterocycles. The maximum atomic E-state index is 12.8. The monoisotopic (exact) mass is 399 g/mol. The summed E-state index contributed by atoms with van der Waals surface area (Å²) >= 11 is 0. The van der Waals surface area contributed by atoms with E-state index < -0.39 is 5.60 Å². The molecule has 5 aliphatic rings. The zero-order chi connectivity index (χ0) is 16.9. The molecule has 0 bridgehead atoms. The van der Waals surface area contributed by atoms with Crippen molar-refractivity contribution in [1.82, 2.24) is 0 Å². The predicted molar refractivity (Wildman–Crippen MR) is 95.0 cm³/mol. The van der Waals surface area contributed by atoms with Crippen molar-refractivity contribution in [2.45, 2.75) is 64.1 Å². The third kappa shape index (κ3) is 2.20. The van der Waals surface area contributed by atoms with Crippen LogP contribution < -0.4 is 0 Å². The summed E-state index contributed by atoms with van der Waals surface area (Å²) < 4.78 is 5.49. The number of rotatable bonds is 1. The zero-order valence-corrected chi connectivity index (χ0v) is 17.7. The molecular formula is C20H29O3PV. The maximum absolute atomic E-state index is 12.8. The van der Waals surface area contributed by atoms with Crippen LogP contribution in [-0.4, -0.2) is 22.6 Å². The molecule has 1 N–H and O–H groups in total. The first-order valence-electron chi connectivity index (χ1n) is 9.66. The fraction of sp³-hybridized carbons (Fsp3) is 0.850. The Morgan fingerprint density at radius 3 is 2.76 bits per heavy atom. The van der Waals surface area contributed by atoms with Gasteiger partial charge in [-0.2, -0.15) is 0 Å². The van der Waals surface area contributed by atoms with Crippen molar-refractivity contribution in [1.29, 1.82) is 0 Å². The molecule has 3 nitrogen and oxygen atoms in total. The molecule has 25 heavy (non-hydrogen) atoms. The van der Waals surface area contributed by atoms with Gasteiger partial charge in [-0.25, -0.2) is 0 Å². The first-order valence-corrected chi connectivity index (χ1v) is 10.1. The van der Waals surface area contributed by atoms with Crippen LogP contribution in [0.1, 0.15) is 52.4 Å². The van der Waals surface area contributed by atoms with Crippen LogP contribution >= 0.6 is 9.47 Å². The maximum Gasteiger partial charge on any atom is 0.142 e. The number of carbonyl (C=O) groups is 1. The van der Waals surface area contributed by atoms with Crippen molar-refractivity contribution in [3.05, 3.63) is 12.2 Å². The smallest absolute Gasteiger partial charge is 0.142 e. The van der Waals surface area contributed by atoms with Gasteiger partial charge in [-0.05, 0) is 55.8 Å². The minimum absolute atomic E-state index is 0. The Morgan fingerprint density at radius 2 is 2.04 bits per heavy atom. The van der Waals surface area contributed by atoms with Crippen LogP contribution in [0.5, 0.6) is 0 Å². The van der Waals surface area contributed by atoms with Crippen molar-refractivity contribution in [3.63, 3.8) is 0 Å². The van der Waals surface area contributed by atoms with Gasteiger partial charge in [0.2, 0.25) is 0 Å². The van der Waals surface area contributed by atoms with E-state index in [4.69, 9.17) is 4.52 Å². The largest absolute Gasteiger partial charge is 0.385 e. The average Bonchev–Trinajstić information content (AvgIpc) is 3.30. The van der Waals surface area contributed by atoms with Gasteiger partial charge < -0.3 is 9.63 Å². The molecule has 0 saturated heterocycles. The molecule has 0 aromatic heterocycles. The van der Waals surface area contributed by atoms with Crippen LogP contribution in [-0.2, 0) is 27.9 Å². The number of Topliss-reactive ketones (excluding diaryl/α,β-unsaturated/α-hetero) is 1. The molecule has 5 aliphatic carbocycles. The van der Waals surface area contributed by atoms with E-state index in [0.29, 0.717) is 41.8 Å². The Hall–Kier alpha value is 0.344. The summed E-state index contributed by atoms with van der Waals surface area (Å²) in [5, 5.41) is 11.5. The topological polar surface area (TPSA) is 46.5 Å². The molecule has 5 rings (SSSR count). The van der Waals surface area contributed by atoms with Crippen molar-refractivity contribution in [3.8, 4) is 0 Å². The van der Waals surface area contributed by atoms with Crippen molar-refractivity contribution >= 4 is 15.2 Å². The van der Waals surface area contributed by atoms with E-state index in [-0.39, 0.29) is 35.5 Å². The van der Waals surface area contributed by atoms with Gasteiger partial charge >= 0.3 is 0 Å². The third-order valence-corrected chi connectivity index (χ3v) is 9.29. The Bertz CT molecular complexity index is 638. The zero-order valence-electron chi connectivity index (χ0n) is 15.1. The number of allylic oxidation sites excluding steroid dienone is 1. The third-order valence-electron chi connectivity index (χ3n) is 8.91. The molecule has 4 unspecified atom stereocenters. The Kier molecular flexibility index (Phi) is 4.25. The number of hydrogen-bond donors (Lipinski definition) is 1. The normalized spacial score (nSPS) is 58.5. The predicted octanol–water partition coefficient (Wildman–Crippen LogP) is 3.52. The number of fused-ring (bicyclic) bond motifs is 7. The first kappa shape index (κ1) is 18.7. The van der Waals surface area contributed by atoms with Gasteiger partial charge in [-0.1, -0.05) is 26.0 Å². The fourth-order valence-corrected chi connectivity index (χ4v) is 7.61. The number of aliphatic hydroxyl groups is 1. The van der Waals surface area contributed by atoms with Gasteiger partial charge in [0.1, 0.15) is 5.78 Å². The molecular weight excluding hydrogens is 370 g/mol. The summed E-state index contributed by atoms with van der Waals surface area (Å²) in [6.07, 6.45) is 10.5. The minimum atomic E-state index is -0.757. The molecule has 5 heteroatoms. The number of ketones is 1. The molecule has 0 aromatic rings.